The van der Waals surface area contributed by atoms with Crippen LogP contribution in [0.2, 0.25) is 5.02 Å². The Morgan fingerprint density at radius 3 is 2.58 bits per heavy atom. The van der Waals surface area contributed by atoms with Crippen LogP contribution in [-0.4, -0.2) is 23.0 Å². The van der Waals surface area contributed by atoms with Crippen molar-refractivity contribution in [2.24, 2.45) is 5.73 Å². The van der Waals surface area contributed by atoms with Crippen LogP contribution in [0.3, 0.4) is 0 Å². The van der Waals surface area contributed by atoms with Crippen LogP contribution < -0.4 is 15.8 Å². The van der Waals surface area contributed by atoms with Crippen molar-refractivity contribution in [3.8, 4) is 11.5 Å². The fraction of sp³-hybridized carbons (Fsp3) is 0.333. The third-order valence-corrected chi connectivity index (χ3v) is 4.70. The molecule has 1 aromatic carbocycles. The molecule has 1 saturated carbocycles. The Morgan fingerprint density at radius 2 is 1.96 bits per heavy atom. The first-order valence-corrected chi connectivity index (χ1v) is 8.40. The molecule has 5 nitrogen and oxygen atoms in total. The Labute approximate surface area is 146 Å². The number of nitrogens with two attached hydrogens (primary N) is 1. The topological polar surface area (TPSA) is 77.2 Å². The fourth-order valence-electron chi connectivity index (χ4n) is 3.00. The van der Waals surface area contributed by atoms with E-state index >= 15 is 0 Å². The summed E-state index contributed by atoms with van der Waals surface area (Å²) in [6, 6.07) is 8.50. The van der Waals surface area contributed by atoms with Gasteiger partial charge in [-0.15, -0.1) is 0 Å². The van der Waals surface area contributed by atoms with Crippen molar-refractivity contribution in [3.63, 3.8) is 0 Å². The summed E-state index contributed by atoms with van der Waals surface area (Å²) in [6.45, 7) is 0.454. The molecule has 0 bridgehead atoms. The van der Waals surface area contributed by atoms with E-state index in [0.717, 1.165) is 25.7 Å². The van der Waals surface area contributed by atoms with Gasteiger partial charge in [0.2, 0.25) is 0 Å². The van der Waals surface area contributed by atoms with Crippen LogP contribution in [-0.2, 0) is 0 Å². The number of hydrogen-bond acceptors (Lipinski definition) is 4. The number of carbonyl (C=O) groups is 1. The minimum absolute atomic E-state index is 0.153. The standard InChI is InChI=1S/C18H20ClN3O2/c19-15-11-13(17(23)22-18(12-20)7-1-2-8-18)3-4-16(15)24-14-5-9-21-10-6-14/h3-6,9-11H,1-2,7-8,12,20H2,(H,22,23). The van der Waals surface area contributed by atoms with Crippen LogP contribution in [0.1, 0.15) is 36.0 Å². The zero-order valence-electron chi connectivity index (χ0n) is 13.3. The molecule has 0 spiro atoms. The summed E-state index contributed by atoms with van der Waals surface area (Å²) in [6.07, 6.45) is 7.31. The maximum absolute atomic E-state index is 12.5. The quantitative estimate of drug-likeness (QED) is 0.869. The summed E-state index contributed by atoms with van der Waals surface area (Å²) >= 11 is 6.26. The number of halogens is 1. The third kappa shape index (κ3) is 3.68. The van der Waals surface area contributed by atoms with Gasteiger partial charge in [0.1, 0.15) is 11.5 Å². The molecule has 0 unspecified atom stereocenters. The molecule has 1 fully saturated rings. The number of hydrogen-bond donors (Lipinski definition) is 2. The molecule has 1 amide bonds. The van der Waals surface area contributed by atoms with Gasteiger partial charge in [-0.1, -0.05) is 24.4 Å². The summed E-state index contributed by atoms with van der Waals surface area (Å²) in [7, 11) is 0. The number of ether oxygens (including phenoxy) is 1. The monoisotopic (exact) mass is 345 g/mol. The van der Waals surface area contributed by atoms with Crippen molar-refractivity contribution in [2.75, 3.05) is 6.54 Å². The molecule has 3 rings (SSSR count). The van der Waals surface area contributed by atoms with E-state index in [2.05, 4.69) is 10.3 Å². The Balaban J connectivity index is 1.73. The molecule has 6 heteroatoms. The van der Waals surface area contributed by atoms with Gasteiger partial charge in [0, 0.05) is 24.5 Å². The van der Waals surface area contributed by atoms with Crippen LogP contribution >= 0.6 is 11.6 Å². The van der Waals surface area contributed by atoms with Gasteiger partial charge in [0.15, 0.2) is 0 Å². The van der Waals surface area contributed by atoms with Gasteiger partial charge in [-0.3, -0.25) is 9.78 Å². The summed E-state index contributed by atoms with van der Waals surface area (Å²) < 4.78 is 5.69. The lowest BCUT2D eigenvalue weighted by Gasteiger charge is -2.28. The number of benzene rings is 1. The van der Waals surface area contributed by atoms with Crippen LogP contribution in [0, 0.1) is 0 Å². The van der Waals surface area contributed by atoms with Crippen LogP contribution in [0.4, 0.5) is 0 Å². The number of rotatable bonds is 5. The Hall–Kier alpha value is -2.11. The first kappa shape index (κ1) is 16.7. The normalized spacial score (nSPS) is 15.9. The molecule has 0 saturated heterocycles. The molecule has 2 aromatic rings. The van der Waals surface area contributed by atoms with Gasteiger partial charge in [0.25, 0.3) is 5.91 Å². The van der Waals surface area contributed by atoms with E-state index in [4.69, 9.17) is 22.1 Å². The zero-order chi connectivity index (χ0) is 17.0. The van der Waals surface area contributed by atoms with E-state index in [1.165, 1.54) is 0 Å². The molecule has 1 aromatic heterocycles. The highest BCUT2D eigenvalue weighted by molar-refractivity contribution is 6.32. The molecular weight excluding hydrogens is 326 g/mol. The van der Waals surface area contributed by atoms with Gasteiger partial charge in [-0.2, -0.15) is 0 Å². The first-order valence-electron chi connectivity index (χ1n) is 8.02. The van der Waals surface area contributed by atoms with Gasteiger partial charge in [-0.05, 0) is 43.2 Å². The minimum Gasteiger partial charge on any atom is -0.456 e. The summed E-state index contributed by atoms with van der Waals surface area (Å²) in [5.74, 6) is 0.977. The van der Waals surface area contributed by atoms with E-state index in [1.807, 2.05) is 0 Å². The maximum Gasteiger partial charge on any atom is 0.251 e. The molecule has 0 aliphatic heterocycles. The lowest BCUT2D eigenvalue weighted by Crippen LogP contribution is -2.51. The first-order chi connectivity index (χ1) is 11.6. The summed E-state index contributed by atoms with van der Waals surface area (Å²) in [5.41, 5.74) is 6.09. The van der Waals surface area contributed by atoms with E-state index in [-0.39, 0.29) is 11.4 Å². The second-order valence-corrected chi connectivity index (χ2v) is 6.48. The molecule has 0 radical (unpaired) electrons. The van der Waals surface area contributed by atoms with Crippen LogP contribution in [0.5, 0.6) is 11.5 Å². The van der Waals surface area contributed by atoms with Crippen molar-refractivity contribution in [2.45, 2.75) is 31.2 Å². The predicted molar refractivity (Wildman–Crippen MR) is 93.5 cm³/mol. The average Bonchev–Trinajstić information content (AvgIpc) is 3.06. The highest BCUT2D eigenvalue weighted by atomic mass is 35.5. The molecule has 1 aliphatic rings. The number of aromatic nitrogens is 1. The van der Waals surface area contributed by atoms with Crippen LogP contribution in [0.25, 0.3) is 0 Å². The van der Waals surface area contributed by atoms with Crippen molar-refractivity contribution >= 4 is 17.5 Å². The molecule has 3 N–H and O–H groups in total. The lowest BCUT2D eigenvalue weighted by atomic mass is 9.97. The van der Waals surface area contributed by atoms with Crippen molar-refractivity contribution < 1.29 is 9.53 Å². The Morgan fingerprint density at radius 1 is 1.25 bits per heavy atom. The smallest absolute Gasteiger partial charge is 0.251 e. The number of carbonyl (C=O) groups excluding carboxylic acids is 1. The molecule has 0 atom stereocenters. The molecule has 126 valence electrons. The van der Waals surface area contributed by atoms with E-state index < -0.39 is 0 Å². The number of nitrogens with zero attached hydrogens (tertiary/aromatic N) is 1. The number of nitrogens with one attached hydrogen (secondary N) is 1. The van der Waals surface area contributed by atoms with Gasteiger partial charge < -0.3 is 15.8 Å². The largest absolute Gasteiger partial charge is 0.456 e. The highest BCUT2D eigenvalue weighted by Gasteiger charge is 2.34. The zero-order valence-corrected chi connectivity index (χ0v) is 14.1. The van der Waals surface area contributed by atoms with Crippen molar-refractivity contribution in [3.05, 3.63) is 53.3 Å². The number of amides is 1. The average molecular weight is 346 g/mol. The van der Waals surface area contributed by atoms with Gasteiger partial charge >= 0.3 is 0 Å². The molecular formula is C18H20ClN3O2. The number of pyridine rings is 1. The Kier molecular flexibility index (Phi) is 5.02. The third-order valence-electron chi connectivity index (χ3n) is 4.40. The highest BCUT2D eigenvalue weighted by Crippen LogP contribution is 2.31. The SMILES string of the molecule is NCC1(NC(=O)c2ccc(Oc3ccncc3)c(Cl)c2)CCCC1. The summed E-state index contributed by atoms with van der Waals surface area (Å²) in [5, 5.41) is 3.47. The minimum atomic E-state index is -0.282. The fourth-order valence-corrected chi connectivity index (χ4v) is 3.22. The van der Waals surface area contributed by atoms with Gasteiger partial charge in [-0.25, -0.2) is 0 Å². The predicted octanol–water partition coefficient (Wildman–Crippen LogP) is 3.53. The molecule has 1 aliphatic carbocycles. The summed E-state index contributed by atoms with van der Waals surface area (Å²) in [4.78, 5) is 16.4. The van der Waals surface area contributed by atoms with Crippen LogP contribution in [0.15, 0.2) is 42.7 Å². The Bertz CT molecular complexity index is 715. The molecule has 1 heterocycles. The van der Waals surface area contributed by atoms with Crippen molar-refractivity contribution in [1.29, 1.82) is 0 Å². The lowest BCUT2D eigenvalue weighted by molar-refractivity contribution is 0.0903. The van der Waals surface area contributed by atoms with E-state index in [1.54, 1.807) is 42.7 Å². The van der Waals surface area contributed by atoms with Crippen molar-refractivity contribution in [1.82, 2.24) is 10.3 Å². The maximum atomic E-state index is 12.5. The second-order valence-electron chi connectivity index (χ2n) is 6.08. The van der Waals surface area contributed by atoms with E-state index in [0.29, 0.717) is 28.6 Å². The second kappa shape index (κ2) is 7.20. The van der Waals surface area contributed by atoms with E-state index in [9.17, 15) is 4.79 Å². The van der Waals surface area contributed by atoms with Gasteiger partial charge in [0.05, 0.1) is 10.6 Å². The molecule has 24 heavy (non-hydrogen) atoms.